The van der Waals surface area contributed by atoms with E-state index >= 15 is 0 Å². The number of aliphatic hydroxyl groups is 2. The van der Waals surface area contributed by atoms with E-state index in [1.54, 1.807) is 10.9 Å². The molecule has 4 rings (SSSR count). The predicted octanol–water partition coefficient (Wildman–Crippen LogP) is -1.86. The number of aryl methyl sites for hydroxylation is 1. The van der Waals surface area contributed by atoms with Crippen LogP contribution in [0.25, 0.3) is 0 Å². The minimum atomic E-state index is -2.90. The molecule has 3 N–H and O–H groups in total. The molecule has 2 aromatic rings. The molecule has 0 radical (unpaired) electrons. The van der Waals surface area contributed by atoms with Crippen molar-refractivity contribution in [2.75, 3.05) is 24.6 Å². The fraction of sp³-hybridized carbons (Fsp3) is 0.722. The SMILES string of the molecule is Cn1ccnc1CNC1CC(Cn2cc(CN3CCS(=O)(=O)CC3)nn2)C(O)C1O. The first-order valence-electron chi connectivity index (χ1n) is 10.2. The molecule has 2 aliphatic rings. The van der Waals surface area contributed by atoms with Gasteiger partial charge in [-0.25, -0.2) is 13.4 Å². The number of aliphatic hydroxyl groups excluding tert-OH is 2. The molecule has 0 bridgehead atoms. The van der Waals surface area contributed by atoms with Crippen molar-refractivity contribution in [1.29, 1.82) is 0 Å². The zero-order valence-corrected chi connectivity index (χ0v) is 17.8. The third-order valence-corrected chi connectivity index (χ3v) is 7.68. The van der Waals surface area contributed by atoms with Crippen molar-refractivity contribution in [3.8, 4) is 0 Å². The summed E-state index contributed by atoms with van der Waals surface area (Å²) in [6, 6.07) is -0.222. The number of hydrogen-bond acceptors (Lipinski definition) is 9. The van der Waals surface area contributed by atoms with Gasteiger partial charge in [0.2, 0.25) is 0 Å². The normalized spacial score (nSPS) is 29.4. The molecule has 4 atom stereocenters. The zero-order valence-electron chi connectivity index (χ0n) is 17.0. The summed E-state index contributed by atoms with van der Waals surface area (Å²) in [5, 5.41) is 32.5. The summed E-state index contributed by atoms with van der Waals surface area (Å²) < 4.78 is 26.7. The number of aromatic nitrogens is 5. The molecule has 30 heavy (non-hydrogen) atoms. The molecule has 4 unspecified atom stereocenters. The number of rotatable bonds is 7. The van der Waals surface area contributed by atoms with Crippen molar-refractivity contribution in [1.82, 2.24) is 34.8 Å². The highest BCUT2D eigenvalue weighted by Crippen LogP contribution is 2.28. The van der Waals surface area contributed by atoms with Gasteiger partial charge in [-0.05, 0) is 6.42 Å². The highest BCUT2D eigenvalue weighted by Gasteiger charge is 2.41. The van der Waals surface area contributed by atoms with E-state index < -0.39 is 22.0 Å². The van der Waals surface area contributed by atoms with Gasteiger partial charge in [-0.15, -0.1) is 5.10 Å². The first kappa shape index (κ1) is 21.4. The third kappa shape index (κ3) is 4.89. The van der Waals surface area contributed by atoms with Gasteiger partial charge in [0.15, 0.2) is 9.84 Å². The zero-order chi connectivity index (χ0) is 21.3. The average Bonchev–Trinajstić information content (AvgIpc) is 3.39. The largest absolute Gasteiger partial charge is 0.390 e. The van der Waals surface area contributed by atoms with Crippen LogP contribution in [-0.4, -0.2) is 90.9 Å². The molecule has 0 spiro atoms. The van der Waals surface area contributed by atoms with Gasteiger partial charge in [-0.2, -0.15) is 0 Å². The van der Waals surface area contributed by atoms with Crippen LogP contribution in [0.3, 0.4) is 0 Å². The maximum absolute atomic E-state index is 11.5. The monoisotopic (exact) mass is 439 g/mol. The Morgan fingerprint density at radius 1 is 1.23 bits per heavy atom. The Labute approximate surface area is 175 Å². The molecule has 1 saturated heterocycles. The molecular formula is C18H29N7O4S. The average molecular weight is 440 g/mol. The van der Waals surface area contributed by atoms with E-state index in [1.807, 2.05) is 24.0 Å². The summed E-state index contributed by atoms with van der Waals surface area (Å²) in [6.07, 6.45) is 4.34. The maximum Gasteiger partial charge on any atom is 0.152 e. The van der Waals surface area contributed by atoms with Gasteiger partial charge in [-0.3, -0.25) is 9.58 Å². The molecule has 166 valence electrons. The van der Waals surface area contributed by atoms with Crippen LogP contribution >= 0.6 is 0 Å². The predicted molar refractivity (Wildman–Crippen MR) is 108 cm³/mol. The Balaban J connectivity index is 1.29. The van der Waals surface area contributed by atoms with Gasteiger partial charge in [0.1, 0.15) is 5.82 Å². The molecule has 0 aromatic carbocycles. The van der Waals surface area contributed by atoms with E-state index in [0.717, 1.165) is 11.5 Å². The van der Waals surface area contributed by atoms with Crippen molar-refractivity contribution >= 4 is 9.84 Å². The Bertz CT molecular complexity index is 945. The smallest absolute Gasteiger partial charge is 0.152 e. The third-order valence-electron chi connectivity index (χ3n) is 6.08. The standard InChI is InChI=1S/C18H29N7O4S/c1-23-3-2-19-16(23)9-20-15-8-13(17(26)18(15)27)10-25-12-14(21-22-25)11-24-4-6-30(28,29)7-5-24/h2-3,12-13,15,17-18,20,26-27H,4-11H2,1H3. The Hall–Kier alpha value is -1.86. The van der Waals surface area contributed by atoms with Crippen LogP contribution in [0.5, 0.6) is 0 Å². The second-order valence-corrected chi connectivity index (χ2v) is 10.6. The van der Waals surface area contributed by atoms with Crippen molar-refractivity contribution < 1.29 is 18.6 Å². The molecule has 12 heteroatoms. The summed E-state index contributed by atoms with van der Waals surface area (Å²) in [4.78, 5) is 6.32. The Morgan fingerprint density at radius 2 is 2.00 bits per heavy atom. The number of hydrogen-bond donors (Lipinski definition) is 3. The second kappa shape index (κ2) is 8.71. The second-order valence-electron chi connectivity index (χ2n) is 8.28. The number of nitrogens with one attached hydrogen (secondary N) is 1. The van der Waals surface area contributed by atoms with Crippen LogP contribution in [0.1, 0.15) is 17.9 Å². The molecule has 1 aliphatic carbocycles. The lowest BCUT2D eigenvalue weighted by Gasteiger charge is -2.25. The number of imidazole rings is 1. The number of sulfone groups is 1. The molecule has 11 nitrogen and oxygen atoms in total. The topological polar surface area (TPSA) is 138 Å². The molecule has 1 saturated carbocycles. The molecule has 2 aromatic heterocycles. The first-order chi connectivity index (χ1) is 14.3. The van der Waals surface area contributed by atoms with Gasteiger partial charge in [0.25, 0.3) is 0 Å². The van der Waals surface area contributed by atoms with Gasteiger partial charge >= 0.3 is 0 Å². The Kier molecular flexibility index (Phi) is 6.21. The van der Waals surface area contributed by atoms with Gasteiger partial charge < -0.3 is 20.1 Å². The minimum absolute atomic E-state index is 0.145. The summed E-state index contributed by atoms with van der Waals surface area (Å²) in [5.41, 5.74) is 0.770. The summed E-state index contributed by atoms with van der Waals surface area (Å²) in [6.45, 7) is 2.54. The first-order valence-corrected chi connectivity index (χ1v) is 12.0. The molecule has 2 fully saturated rings. The van der Waals surface area contributed by atoms with E-state index in [4.69, 9.17) is 0 Å². The van der Waals surface area contributed by atoms with E-state index in [9.17, 15) is 18.6 Å². The van der Waals surface area contributed by atoms with Gasteiger partial charge in [0.05, 0.1) is 36.0 Å². The molecule has 1 aliphatic heterocycles. The van der Waals surface area contributed by atoms with Gasteiger partial charge in [0, 0.05) is 63.8 Å². The van der Waals surface area contributed by atoms with Crippen LogP contribution in [0.15, 0.2) is 18.6 Å². The highest BCUT2D eigenvalue weighted by atomic mass is 32.2. The fourth-order valence-electron chi connectivity index (χ4n) is 4.18. The summed E-state index contributed by atoms with van der Waals surface area (Å²) >= 11 is 0. The van der Waals surface area contributed by atoms with E-state index in [-0.39, 0.29) is 23.5 Å². The number of nitrogens with zero attached hydrogens (tertiary/aromatic N) is 6. The van der Waals surface area contributed by atoms with Crippen LogP contribution in [0.2, 0.25) is 0 Å². The summed E-state index contributed by atoms with van der Waals surface area (Å²) in [7, 11) is -0.988. The molecular weight excluding hydrogens is 410 g/mol. The molecule has 0 amide bonds. The minimum Gasteiger partial charge on any atom is -0.390 e. The van der Waals surface area contributed by atoms with Crippen molar-refractivity contribution in [2.24, 2.45) is 13.0 Å². The van der Waals surface area contributed by atoms with Crippen LogP contribution < -0.4 is 5.32 Å². The lowest BCUT2D eigenvalue weighted by molar-refractivity contribution is 0.00713. The van der Waals surface area contributed by atoms with Crippen LogP contribution in [-0.2, 0) is 36.5 Å². The van der Waals surface area contributed by atoms with E-state index in [0.29, 0.717) is 39.1 Å². The maximum atomic E-state index is 11.5. The fourth-order valence-corrected chi connectivity index (χ4v) is 5.45. The lowest BCUT2D eigenvalue weighted by Crippen LogP contribution is -2.40. The van der Waals surface area contributed by atoms with Crippen LogP contribution in [0.4, 0.5) is 0 Å². The molecule has 3 heterocycles. The van der Waals surface area contributed by atoms with E-state index in [2.05, 4.69) is 25.5 Å². The lowest BCUT2D eigenvalue weighted by atomic mass is 10.1. The van der Waals surface area contributed by atoms with Crippen molar-refractivity contribution in [2.45, 2.75) is 44.3 Å². The highest BCUT2D eigenvalue weighted by molar-refractivity contribution is 7.91. The summed E-state index contributed by atoms with van der Waals surface area (Å²) in [5.74, 6) is 1.08. The quantitative estimate of drug-likeness (QED) is 0.453. The van der Waals surface area contributed by atoms with Crippen LogP contribution in [0, 0.1) is 5.92 Å². The van der Waals surface area contributed by atoms with E-state index in [1.165, 1.54) is 0 Å². The van der Waals surface area contributed by atoms with Gasteiger partial charge in [-0.1, -0.05) is 5.21 Å². The van der Waals surface area contributed by atoms with Crippen molar-refractivity contribution in [3.63, 3.8) is 0 Å². The van der Waals surface area contributed by atoms with Crippen molar-refractivity contribution in [3.05, 3.63) is 30.1 Å². The Morgan fingerprint density at radius 3 is 2.70 bits per heavy atom.